The van der Waals surface area contributed by atoms with Crippen molar-refractivity contribution in [3.05, 3.63) is 0 Å². The summed E-state index contributed by atoms with van der Waals surface area (Å²) in [5.74, 6) is 0. The van der Waals surface area contributed by atoms with Gasteiger partial charge in [0, 0.05) is 6.04 Å². The van der Waals surface area contributed by atoms with Crippen molar-refractivity contribution in [2.24, 2.45) is 0 Å². The van der Waals surface area contributed by atoms with Crippen molar-refractivity contribution >= 4 is 0 Å². The summed E-state index contributed by atoms with van der Waals surface area (Å²) in [6.45, 7) is 13.9. The number of hydrogen-bond donors (Lipinski definition) is 1. The van der Waals surface area contributed by atoms with Gasteiger partial charge in [0.15, 0.2) is 0 Å². The Morgan fingerprint density at radius 3 is 2.00 bits per heavy atom. The predicted molar refractivity (Wildman–Crippen MR) is 92.5 cm³/mol. The average Bonchev–Trinajstić information content (AvgIpc) is 2.48. The Morgan fingerprint density at radius 1 is 0.750 bits per heavy atom. The van der Waals surface area contributed by atoms with E-state index in [4.69, 9.17) is 0 Å². The van der Waals surface area contributed by atoms with E-state index < -0.39 is 0 Å². The quantitative estimate of drug-likeness (QED) is 0.433. The van der Waals surface area contributed by atoms with Crippen molar-refractivity contribution in [3.63, 3.8) is 0 Å². The van der Waals surface area contributed by atoms with E-state index in [0.29, 0.717) is 0 Å². The fraction of sp³-hybridized carbons (Fsp3) is 1.00. The van der Waals surface area contributed by atoms with E-state index in [1.165, 1.54) is 84.0 Å². The normalized spacial score (nSPS) is 13.1. The summed E-state index contributed by atoms with van der Waals surface area (Å²) in [4.78, 5) is 2.54. The van der Waals surface area contributed by atoms with Gasteiger partial charge >= 0.3 is 0 Å². The van der Waals surface area contributed by atoms with Crippen LogP contribution in [0.15, 0.2) is 0 Å². The second-order valence-electron chi connectivity index (χ2n) is 6.02. The number of unbranched alkanes of at least 4 members (excludes halogenated alkanes) is 5. The molecular weight excluding hydrogens is 244 g/mol. The third-order valence-electron chi connectivity index (χ3n) is 4.28. The third kappa shape index (κ3) is 11.7. The molecule has 0 amide bonds. The van der Waals surface area contributed by atoms with Crippen LogP contribution in [0.25, 0.3) is 0 Å². The summed E-state index contributed by atoms with van der Waals surface area (Å²) < 4.78 is 0. The molecule has 0 radical (unpaired) electrons. The van der Waals surface area contributed by atoms with Crippen molar-refractivity contribution in [3.8, 4) is 0 Å². The molecule has 0 rings (SSSR count). The molecule has 1 unspecified atom stereocenters. The topological polar surface area (TPSA) is 15.3 Å². The summed E-state index contributed by atoms with van der Waals surface area (Å²) in [5, 5.41) is 3.75. The van der Waals surface area contributed by atoms with Crippen LogP contribution in [0.1, 0.15) is 85.5 Å². The minimum atomic E-state index is 0.738. The van der Waals surface area contributed by atoms with E-state index in [-0.39, 0.29) is 0 Å². The summed E-state index contributed by atoms with van der Waals surface area (Å²) in [5.41, 5.74) is 0. The van der Waals surface area contributed by atoms with Gasteiger partial charge in [-0.2, -0.15) is 0 Å². The fourth-order valence-electron chi connectivity index (χ4n) is 2.75. The third-order valence-corrected chi connectivity index (χ3v) is 4.28. The van der Waals surface area contributed by atoms with Gasteiger partial charge in [0.05, 0.1) is 0 Å². The van der Waals surface area contributed by atoms with Crippen LogP contribution >= 0.6 is 0 Å². The molecule has 2 heteroatoms. The average molecular weight is 285 g/mol. The van der Waals surface area contributed by atoms with E-state index in [1.54, 1.807) is 0 Å². The predicted octanol–water partition coefficient (Wildman–Crippen LogP) is 4.84. The van der Waals surface area contributed by atoms with Gasteiger partial charge in [0.25, 0.3) is 0 Å². The Labute approximate surface area is 128 Å². The Hall–Kier alpha value is -0.0800. The summed E-state index contributed by atoms with van der Waals surface area (Å²) in [7, 11) is 0. The zero-order valence-corrected chi connectivity index (χ0v) is 14.7. The number of hydrogen-bond acceptors (Lipinski definition) is 2. The molecule has 0 fully saturated rings. The van der Waals surface area contributed by atoms with Crippen molar-refractivity contribution in [2.45, 2.75) is 91.5 Å². The molecule has 0 aromatic carbocycles. The molecule has 0 aromatic heterocycles. The summed E-state index contributed by atoms with van der Waals surface area (Å²) in [6, 6.07) is 0.738. The largest absolute Gasteiger partial charge is 0.314 e. The zero-order valence-electron chi connectivity index (χ0n) is 14.7. The van der Waals surface area contributed by atoms with Crippen molar-refractivity contribution in [2.75, 3.05) is 26.2 Å². The van der Waals surface area contributed by atoms with Gasteiger partial charge in [-0.1, -0.05) is 66.2 Å². The van der Waals surface area contributed by atoms with Crippen LogP contribution in [-0.2, 0) is 0 Å². The molecule has 0 aromatic rings. The summed E-state index contributed by atoms with van der Waals surface area (Å²) in [6.07, 6.45) is 12.4. The van der Waals surface area contributed by atoms with E-state index in [9.17, 15) is 0 Å². The Morgan fingerprint density at radius 2 is 1.40 bits per heavy atom. The second-order valence-corrected chi connectivity index (χ2v) is 6.02. The van der Waals surface area contributed by atoms with Crippen LogP contribution < -0.4 is 5.32 Å². The van der Waals surface area contributed by atoms with Gasteiger partial charge in [-0.05, 0) is 45.4 Å². The maximum atomic E-state index is 3.75. The van der Waals surface area contributed by atoms with Crippen molar-refractivity contribution < 1.29 is 0 Å². The van der Waals surface area contributed by atoms with E-state index in [0.717, 1.165) is 6.04 Å². The van der Waals surface area contributed by atoms with Gasteiger partial charge in [-0.25, -0.2) is 0 Å². The smallest absolute Gasteiger partial charge is 0.00792 e. The Kier molecular flexibility index (Phi) is 15.3. The number of nitrogens with zero attached hydrogens (tertiary/aromatic N) is 1. The molecule has 1 N–H and O–H groups in total. The first-order valence-electron chi connectivity index (χ1n) is 9.24. The van der Waals surface area contributed by atoms with E-state index in [2.05, 4.69) is 37.9 Å². The molecule has 0 heterocycles. The van der Waals surface area contributed by atoms with Gasteiger partial charge in [0.2, 0.25) is 0 Å². The van der Waals surface area contributed by atoms with Crippen molar-refractivity contribution in [1.29, 1.82) is 0 Å². The highest BCUT2D eigenvalue weighted by Crippen LogP contribution is 2.11. The zero-order chi connectivity index (χ0) is 15.1. The maximum Gasteiger partial charge on any atom is 0.00792 e. The molecule has 0 aliphatic heterocycles. The molecule has 0 spiro atoms. The monoisotopic (exact) mass is 284 g/mol. The van der Waals surface area contributed by atoms with Crippen molar-refractivity contribution in [1.82, 2.24) is 10.2 Å². The lowest BCUT2D eigenvalue weighted by Crippen LogP contribution is -2.34. The lowest BCUT2D eigenvalue weighted by atomic mass is 10.0. The van der Waals surface area contributed by atoms with E-state index >= 15 is 0 Å². The van der Waals surface area contributed by atoms with Crippen LogP contribution in [0.2, 0.25) is 0 Å². The van der Waals surface area contributed by atoms with Crippen LogP contribution in [0.4, 0.5) is 0 Å². The summed E-state index contributed by atoms with van der Waals surface area (Å²) >= 11 is 0. The highest BCUT2D eigenvalue weighted by Gasteiger charge is 2.09. The van der Waals surface area contributed by atoms with E-state index in [1.807, 2.05) is 0 Å². The van der Waals surface area contributed by atoms with Crippen LogP contribution in [0.5, 0.6) is 0 Å². The molecule has 0 aliphatic carbocycles. The number of rotatable bonds is 15. The molecule has 0 saturated carbocycles. The Balaban J connectivity index is 3.77. The molecule has 2 nitrogen and oxygen atoms in total. The highest BCUT2D eigenvalue weighted by molar-refractivity contribution is 4.69. The molecule has 0 bridgehead atoms. The lowest BCUT2D eigenvalue weighted by molar-refractivity contribution is 0.275. The SMILES string of the molecule is CCCCCCCCC(CCN(CC)CC)NCCC. The molecular formula is C18H40N2. The van der Waals surface area contributed by atoms with Crippen LogP contribution in [0.3, 0.4) is 0 Å². The van der Waals surface area contributed by atoms with Gasteiger partial charge in [0.1, 0.15) is 0 Å². The maximum absolute atomic E-state index is 3.75. The van der Waals surface area contributed by atoms with Crippen LogP contribution in [0, 0.1) is 0 Å². The Bertz CT molecular complexity index is 178. The molecule has 1 atom stereocenters. The first-order chi connectivity index (χ1) is 9.78. The molecule has 20 heavy (non-hydrogen) atoms. The lowest BCUT2D eigenvalue weighted by Gasteiger charge is -2.23. The first kappa shape index (κ1) is 19.9. The minimum absolute atomic E-state index is 0.738. The molecule has 0 aliphatic rings. The molecule has 122 valence electrons. The van der Waals surface area contributed by atoms with Gasteiger partial charge in [-0.15, -0.1) is 0 Å². The van der Waals surface area contributed by atoms with Gasteiger partial charge in [-0.3, -0.25) is 0 Å². The first-order valence-corrected chi connectivity index (χ1v) is 9.24. The number of nitrogens with one attached hydrogen (secondary N) is 1. The van der Waals surface area contributed by atoms with Crippen LogP contribution in [-0.4, -0.2) is 37.1 Å². The fourth-order valence-corrected chi connectivity index (χ4v) is 2.75. The van der Waals surface area contributed by atoms with Gasteiger partial charge < -0.3 is 10.2 Å². The standard InChI is InChI=1S/C18H40N2/c1-5-9-10-11-12-13-14-18(19-16-6-2)15-17-20(7-3)8-4/h18-19H,5-17H2,1-4H3. The molecule has 0 saturated heterocycles. The highest BCUT2D eigenvalue weighted by atomic mass is 15.1. The second kappa shape index (κ2) is 15.3. The minimum Gasteiger partial charge on any atom is -0.314 e.